The highest BCUT2D eigenvalue weighted by Gasteiger charge is 2.35. The molecule has 0 bridgehead atoms. The van der Waals surface area contributed by atoms with Crippen LogP contribution in [-0.4, -0.2) is 35.0 Å². The molecule has 0 aliphatic rings. The van der Waals surface area contributed by atoms with Gasteiger partial charge in [-0.2, -0.15) is 5.10 Å². The fraction of sp³-hybridized carbons (Fsp3) is 0.412. The lowest BCUT2D eigenvalue weighted by atomic mass is 10.0. The fourth-order valence-corrected chi connectivity index (χ4v) is 4.96. The van der Waals surface area contributed by atoms with Crippen molar-refractivity contribution in [2.75, 3.05) is 6.54 Å². The summed E-state index contributed by atoms with van der Waals surface area (Å²) >= 11 is 6.10. The van der Waals surface area contributed by atoms with E-state index in [0.717, 1.165) is 9.87 Å². The average Bonchev–Trinajstić information content (AvgIpc) is 2.81. The fourth-order valence-electron chi connectivity index (χ4n) is 2.76. The molecule has 2 aromatic rings. The number of benzene rings is 1. The molecule has 2 rings (SSSR count). The van der Waals surface area contributed by atoms with Crippen molar-refractivity contribution in [3.8, 4) is 0 Å². The number of rotatable bonds is 6. The molecule has 1 heterocycles. The second-order valence-electron chi connectivity index (χ2n) is 5.93. The Bertz CT molecular complexity index is 863. The largest absolute Gasteiger partial charge is 0.273 e. The summed E-state index contributed by atoms with van der Waals surface area (Å²) in [5.41, 5.74) is 1.25. The lowest BCUT2D eigenvalue weighted by Gasteiger charge is -2.24. The van der Waals surface area contributed by atoms with E-state index in [2.05, 4.69) is 5.10 Å². The minimum absolute atomic E-state index is 0.000498. The smallest absolute Gasteiger partial charge is 0.271 e. The Balaban J connectivity index is 2.32. The normalized spacial score (nSPS) is 12.8. The summed E-state index contributed by atoms with van der Waals surface area (Å²) in [6.45, 7) is 4.95. The molecule has 6 nitrogen and oxygen atoms in total. The van der Waals surface area contributed by atoms with E-state index >= 15 is 0 Å². The molecule has 0 saturated heterocycles. The Labute approximate surface area is 153 Å². The van der Waals surface area contributed by atoms with E-state index in [0.29, 0.717) is 6.42 Å². The zero-order valence-electron chi connectivity index (χ0n) is 14.7. The molecule has 0 aliphatic heterocycles. The summed E-state index contributed by atoms with van der Waals surface area (Å²) in [6, 6.07) is 9.50. The number of halogens is 1. The molecular formula is C17H22ClN3O3S. The molecule has 0 spiro atoms. The molecule has 0 N–H and O–H groups in total. The molecule has 1 unspecified atom stereocenters. The Morgan fingerprint density at radius 2 is 1.92 bits per heavy atom. The number of nitrogens with zero attached hydrogens (tertiary/aromatic N) is 3. The van der Waals surface area contributed by atoms with Gasteiger partial charge >= 0.3 is 0 Å². The van der Waals surface area contributed by atoms with Gasteiger partial charge in [-0.05, 0) is 25.8 Å². The highest BCUT2D eigenvalue weighted by Crippen LogP contribution is 2.28. The van der Waals surface area contributed by atoms with E-state index in [4.69, 9.17) is 11.6 Å². The minimum atomic E-state index is -4.06. The van der Waals surface area contributed by atoms with Gasteiger partial charge in [-0.25, -0.2) is 12.7 Å². The number of hydrogen-bond acceptors (Lipinski definition) is 4. The van der Waals surface area contributed by atoms with Gasteiger partial charge in [0, 0.05) is 19.5 Å². The third kappa shape index (κ3) is 3.88. The highest BCUT2D eigenvalue weighted by atomic mass is 35.5. The number of aryl methyl sites for hydroxylation is 2. The second-order valence-corrected chi connectivity index (χ2v) is 8.08. The van der Waals surface area contributed by atoms with Crippen molar-refractivity contribution < 1.29 is 13.2 Å². The van der Waals surface area contributed by atoms with E-state index in [9.17, 15) is 13.2 Å². The maximum absolute atomic E-state index is 13.0. The zero-order chi connectivity index (χ0) is 18.8. The van der Waals surface area contributed by atoms with Crippen LogP contribution in [0, 0.1) is 12.8 Å². The molecule has 25 heavy (non-hydrogen) atoms. The highest BCUT2D eigenvalue weighted by molar-refractivity contribution is 7.89. The summed E-state index contributed by atoms with van der Waals surface area (Å²) in [6.07, 6.45) is 0.464. The molecule has 1 atom stereocenters. The number of sulfonamides is 1. The van der Waals surface area contributed by atoms with Crippen molar-refractivity contribution in [2.24, 2.45) is 13.0 Å². The first kappa shape index (κ1) is 19.5. The van der Waals surface area contributed by atoms with E-state index in [-0.39, 0.29) is 22.3 Å². The van der Waals surface area contributed by atoms with Gasteiger partial charge in [0.05, 0.1) is 5.69 Å². The standard InChI is InChI=1S/C17H22ClN3O3S/c1-5-21(17(22)12(2)11-14-9-7-6-8-10-14)25(23,24)15-13(3)19-20(4)16(15)18/h6-10,12H,5,11H2,1-4H3. The summed E-state index contributed by atoms with van der Waals surface area (Å²) in [5, 5.41) is 4.03. The van der Waals surface area contributed by atoms with Gasteiger partial charge < -0.3 is 0 Å². The van der Waals surface area contributed by atoms with Crippen LogP contribution in [-0.2, 0) is 28.3 Å². The summed E-state index contributed by atoms with van der Waals surface area (Å²) < 4.78 is 28.1. The van der Waals surface area contributed by atoms with Crippen LogP contribution in [0.1, 0.15) is 25.1 Å². The number of amides is 1. The third-order valence-electron chi connectivity index (χ3n) is 3.99. The van der Waals surface area contributed by atoms with Crippen LogP contribution in [0.3, 0.4) is 0 Å². The van der Waals surface area contributed by atoms with E-state index < -0.39 is 21.8 Å². The van der Waals surface area contributed by atoms with E-state index in [1.807, 2.05) is 30.3 Å². The molecule has 1 amide bonds. The molecule has 8 heteroatoms. The third-order valence-corrected chi connectivity index (χ3v) is 6.56. The number of carbonyl (C=O) groups is 1. The Kier molecular flexibility index (Phi) is 5.90. The minimum Gasteiger partial charge on any atom is -0.273 e. The van der Waals surface area contributed by atoms with Crippen LogP contribution in [0.25, 0.3) is 0 Å². The van der Waals surface area contributed by atoms with Crippen molar-refractivity contribution in [2.45, 2.75) is 32.1 Å². The monoisotopic (exact) mass is 383 g/mol. The molecule has 136 valence electrons. The lowest BCUT2D eigenvalue weighted by molar-refractivity contribution is -0.129. The Morgan fingerprint density at radius 3 is 2.40 bits per heavy atom. The predicted octanol–water partition coefficient (Wildman–Crippen LogP) is 2.80. The summed E-state index contributed by atoms with van der Waals surface area (Å²) in [7, 11) is -2.50. The first-order valence-electron chi connectivity index (χ1n) is 7.99. The van der Waals surface area contributed by atoms with Gasteiger partial charge in [0.25, 0.3) is 10.0 Å². The number of aromatic nitrogens is 2. The summed E-state index contributed by atoms with van der Waals surface area (Å²) in [4.78, 5) is 12.7. The molecule has 1 aromatic heterocycles. The topological polar surface area (TPSA) is 72.3 Å². The van der Waals surface area contributed by atoms with Gasteiger partial charge in [-0.15, -0.1) is 0 Å². The van der Waals surface area contributed by atoms with Crippen LogP contribution in [0.2, 0.25) is 5.15 Å². The van der Waals surface area contributed by atoms with E-state index in [1.54, 1.807) is 27.8 Å². The maximum Gasteiger partial charge on any atom is 0.271 e. The van der Waals surface area contributed by atoms with Crippen molar-refractivity contribution in [1.29, 1.82) is 0 Å². The van der Waals surface area contributed by atoms with Crippen LogP contribution >= 0.6 is 11.6 Å². The van der Waals surface area contributed by atoms with Gasteiger partial charge in [0.2, 0.25) is 5.91 Å². The van der Waals surface area contributed by atoms with E-state index in [1.165, 1.54) is 4.68 Å². The van der Waals surface area contributed by atoms with Gasteiger partial charge in [0.1, 0.15) is 10.0 Å². The quantitative estimate of drug-likeness (QED) is 0.768. The zero-order valence-corrected chi connectivity index (χ0v) is 16.3. The first-order valence-corrected chi connectivity index (χ1v) is 9.81. The summed E-state index contributed by atoms with van der Waals surface area (Å²) in [5.74, 6) is -0.932. The maximum atomic E-state index is 13.0. The van der Waals surface area contributed by atoms with Crippen LogP contribution in [0.15, 0.2) is 35.2 Å². The number of carbonyl (C=O) groups excluding carboxylic acids is 1. The average molecular weight is 384 g/mol. The molecule has 0 saturated carbocycles. The SMILES string of the molecule is CCN(C(=O)C(C)Cc1ccccc1)S(=O)(=O)c1c(C)nn(C)c1Cl. The van der Waals surface area contributed by atoms with Gasteiger partial charge in [-0.1, -0.05) is 48.9 Å². The van der Waals surface area contributed by atoms with Crippen molar-refractivity contribution in [1.82, 2.24) is 14.1 Å². The first-order chi connectivity index (χ1) is 11.7. The lowest BCUT2D eigenvalue weighted by Crippen LogP contribution is -2.40. The molecular weight excluding hydrogens is 362 g/mol. The molecule has 0 fully saturated rings. The molecule has 0 aliphatic carbocycles. The molecule has 1 aromatic carbocycles. The predicted molar refractivity (Wildman–Crippen MR) is 96.8 cm³/mol. The van der Waals surface area contributed by atoms with Crippen LogP contribution < -0.4 is 0 Å². The van der Waals surface area contributed by atoms with Crippen molar-refractivity contribution >= 4 is 27.5 Å². The van der Waals surface area contributed by atoms with Crippen LogP contribution in [0.5, 0.6) is 0 Å². The van der Waals surface area contributed by atoms with Gasteiger partial charge in [0.15, 0.2) is 0 Å². The van der Waals surface area contributed by atoms with Crippen molar-refractivity contribution in [3.05, 3.63) is 46.7 Å². The Morgan fingerprint density at radius 1 is 1.32 bits per heavy atom. The number of hydrogen-bond donors (Lipinski definition) is 0. The van der Waals surface area contributed by atoms with Crippen molar-refractivity contribution in [3.63, 3.8) is 0 Å². The van der Waals surface area contributed by atoms with Gasteiger partial charge in [-0.3, -0.25) is 9.48 Å². The Hall–Kier alpha value is -1.86. The van der Waals surface area contributed by atoms with Crippen LogP contribution in [0.4, 0.5) is 0 Å². The second kappa shape index (κ2) is 7.58. The molecule has 0 radical (unpaired) electrons.